The van der Waals surface area contributed by atoms with Crippen molar-refractivity contribution >= 4 is 29.5 Å². The highest BCUT2D eigenvalue weighted by molar-refractivity contribution is 5.95. The highest BCUT2D eigenvalue weighted by Crippen LogP contribution is 2.13. The van der Waals surface area contributed by atoms with Crippen LogP contribution in [0.2, 0.25) is 0 Å². The van der Waals surface area contributed by atoms with Crippen molar-refractivity contribution in [2.75, 3.05) is 25.6 Å². The molecule has 0 fully saturated rings. The van der Waals surface area contributed by atoms with Crippen molar-refractivity contribution in [1.82, 2.24) is 5.32 Å². The number of nitrogens with one attached hydrogen (secondary N) is 2. The van der Waals surface area contributed by atoms with Gasteiger partial charge in [-0.25, -0.2) is 9.18 Å². The molecule has 0 heterocycles. The summed E-state index contributed by atoms with van der Waals surface area (Å²) in [5.41, 5.74) is 1.13. The topological polar surface area (TPSA) is 93.7 Å². The summed E-state index contributed by atoms with van der Waals surface area (Å²) in [6.45, 7) is -0.835. The number of amides is 2. The molecule has 0 radical (unpaired) electrons. The first-order chi connectivity index (χ1) is 13.5. The third kappa shape index (κ3) is 7.28. The number of hydrogen-bond donors (Lipinski definition) is 2. The van der Waals surface area contributed by atoms with E-state index in [0.29, 0.717) is 11.4 Å². The van der Waals surface area contributed by atoms with Gasteiger partial charge in [-0.05, 0) is 48.0 Å². The average molecular weight is 386 g/mol. The van der Waals surface area contributed by atoms with Crippen LogP contribution < -0.4 is 15.4 Å². The van der Waals surface area contributed by atoms with Gasteiger partial charge < -0.3 is 20.1 Å². The van der Waals surface area contributed by atoms with Crippen molar-refractivity contribution in [3.63, 3.8) is 0 Å². The quantitative estimate of drug-likeness (QED) is 0.536. The van der Waals surface area contributed by atoms with E-state index in [-0.39, 0.29) is 6.54 Å². The molecule has 0 unspecified atom stereocenters. The van der Waals surface area contributed by atoms with E-state index in [1.807, 2.05) is 0 Å². The molecule has 0 aliphatic carbocycles. The predicted molar refractivity (Wildman–Crippen MR) is 101 cm³/mol. The van der Waals surface area contributed by atoms with Gasteiger partial charge in [0.15, 0.2) is 6.61 Å². The Hall–Kier alpha value is -3.68. The van der Waals surface area contributed by atoms with Crippen molar-refractivity contribution in [2.45, 2.75) is 0 Å². The fraction of sp³-hybridized carbons (Fsp3) is 0.150. The second-order valence-corrected chi connectivity index (χ2v) is 5.55. The van der Waals surface area contributed by atoms with Crippen LogP contribution in [0, 0.1) is 5.82 Å². The number of ether oxygens (including phenoxy) is 2. The maximum absolute atomic E-state index is 12.8. The molecule has 0 aromatic heterocycles. The Bertz CT molecular complexity index is 865. The highest BCUT2D eigenvalue weighted by Gasteiger charge is 2.08. The van der Waals surface area contributed by atoms with Crippen molar-refractivity contribution in [3.05, 3.63) is 66.0 Å². The number of rotatable bonds is 8. The molecule has 0 atom stereocenters. The number of methoxy groups -OCH3 is 1. The lowest BCUT2D eigenvalue weighted by Gasteiger charge is -2.07. The van der Waals surface area contributed by atoms with E-state index in [1.54, 1.807) is 24.3 Å². The second-order valence-electron chi connectivity index (χ2n) is 5.55. The summed E-state index contributed by atoms with van der Waals surface area (Å²) in [4.78, 5) is 35.0. The Morgan fingerprint density at radius 1 is 1.07 bits per heavy atom. The van der Waals surface area contributed by atoms with Crippen LogP contribution in [0.3, 0.4) is 0 Å². The summed E-state index contributed by atoms with van der Waals surface area (Å²) in [7, 11) is 1.54. The van der Waals surface area contributed by atoms with Gasteiger partial charge in [0.2, 0.25) is 5.91 Å². The molecule has 0 spiro atoms. The summed E-state index contributed by atoms with van der Waals surface area (Å²) in [6.07, 6.45) is 2.71. The van der Waals surface area contributed by atoms with Crippen LogP contribution in [0.25, 0.3) is 6.08 Å². The summed E-state index contributed by atoms with van der Waals surface area (Å²) >= 11 is 0. The molecular weight excluding hydrogens is 367 g/mol. The molecule has 2 N–H and O–H groups in total. The molecule has 0 aliphatic heterocycles. The molecule has 28 heavy (non-hydrogen) atoms. The number of halogens is 1. The largest absolute Gasteiger partial charge is 0.497 e. The second kappa shape index (κ2) is 10.5. The van der Waals surface area contributed by atoms with E-state index in [4.69, 9.17) is 9.47 Å². The summed E-state index contributed by atoms with van der Waals surface area (Å²) in [5.74, 6) is -1.60. The lowest BCUT2D eigenvalue weighted by Crippen LogP contribution is -2.35. The summed E-state index contributed by atoms with van der Waals surface area (Å²) < 4.78 is 22.7. The number of anilines is 1. The molecule has 2 rings (SSSR count). The maximum atomic E-state index is 12.8. The molecular formula is C20H19FN2O5. The monoisotopic (exact) mass is 386 g/mol. The first kappa shape index (κ1) is 20.6. The minimum atomic E-state index is -0.700. The first-order valence-electron chi connectivity index (χ1n) is 8.27. The lowest BCUT2D eigenvalue weighted by molar-refractivity contribution is -0.143. The van der Waals surface area contributed by atoms with Crippen LogP contribution in [0.15, 0.2) is 54.6 Å². The molecule has 146 valence electrons. The molecule has 2 amide bonds. The summed E-state index contributed by atoms with van der Waals surface area (Å²) in [5, 5.41) is 4.80. The molecule has 0 bridgehead atoms. The van der Waals surface area contributed by atoms with Crippen LogP contribution >= 0.6 is 0 Å². The van der Waals surface area contributed by atoms with Gasteiger partial charge in [0.25, 0.3) is 5.91 Å². The third-order valence-corrected chi connectivity index (χ3v) is 3.43. The van der Waals surface area contributed by atoms with Crippen LogP contribution in [0.1, 0.15) is 5.56 Å². The van der Waals surface area contributed by atoms with Gasteiger partial charge in [-0.15, -0.1) is 0 Å². The maximum Gasteiger partial charge on any atom is 0.331 e. The molecule has 0 saturated heterocycles. The van der Waals surface area contributed by atoms with E-state index in [9.17, 15) is 18.8 Å². The number of hydrogen-bond acceptors (Lipinski definition) is 5. The fourth-order valence-corrected chi connectivity index (χ4v) is 2.06. The average Bonchev–Trinajstić information content (AvgIpc) is 2.71. The van der Waals surface area contributed by atoms with Gasteiger partial charge in [0.05, 0.1) is 13.7 Å². The van der Waals surface area contributed by atoms with Crippen molar-refractivity contribution in [2.24, 2.45) is 0 Å². The number of benzene rings is 2. The Balaban J connectivity index is 1.69. The predicted octanol–water partition coefficient (Wildman–Crippen LogP) is 2.15. The third-order valence-electron chi connectivity index (χ3n) is 3.43. The Morgan fingerprint density at radius 2 is 1.82 bits per heavy atom. The van der Waals surface area contributed by atoms with Gasteiger partial charge in [0.1, 0.15) is 11.6 Å². The molecule has 0 aliphatic rings. The Morgan fingerprint density at radius 3 is 2.54 bits per heavy atom. The zero-order chi connectivity index (χ0) is 20.4. The molecule has 0 saturated carbocycles. The van der Waals surface area contributed by atoms with Crippen LogP contribution in [0.4, 0.5) is 10.1 Å². The van der Waals surface area contributed by atoms with Gasteiger partial charge in [-0.3, -0.25) is 9.59 Å². The molecule has 2 aromatic rings. The van der Waals surface area contributed by atoms with Crippen LogP contribution in [0.5, 0.6) is 5.75 Å². The summed E-state index contributed by atoms with van der Waals surface area (Å²) in [6, 6.07) is 12.2. The zero-order valence-electron chi connectivity index (χ0n) is 15.1. The van der Waals surface area contributed by atoms with Gasteiger partial charge in [-0.2, -0.15) is 0 Å². The Labute approximate surface area is 161 Å². The van der Waals surface area contributed by atoms with Gasteiger partial charge in [-0.1, -0.05) is 12.1 Å². The van der Waals surface area contributed by atoms with Crippen molar-refractivity contribution < 1.29 is 28.2 Å². The smallest absolute Gasteiger partial charge is 0.331 e. The number of esters is 1. The molecule has 7 nitrogen and oxygen atoms in total. The molecule has 2 aromatic carbocycles. The first-order valence-corrected chi connectivity index (χ1v) is 8.27. The standard InChI is InChI=1S/C20H19FN2O5/c1-27-17-4-2-3-14(11-17)5-10-20(26)28-13-19(25)22-12-18(24)23-16-8-6-15(21)7-9-16/h2-11H,12-13H2,1H3,(H,22,25)(H,23,24)/b10-5+. The normalized spacial score (nSPS) is 10.4. The van der Waals surface area contributed by atoms with Crippen LogP contribution in [-0.2, 0) is 19.1 Å². The number of carbonyl (C=O) groups excluding carboxylic acids is 3. The van der Waals surface area contributed by atoms with E-state index >= 15 is 0 Å². The fourth-order valence-electron chi connectivity index (χ4n) is 2.06. The number of carbonyl (C=O) groups is 3. The SMILES string of the molecule is COc1cccc(/C=C/C(=O)OCC(=O)NCC(=O)Nc2ccc(F)cc2)c1. The van der Waals surface area contributed by atoms with Crippen molar-refractivity contribution in [1.29, 1.82) is 0 Å². The molecule has 8 heteroatoms. The van der Waals surface area contributed by atoms with E-state index in [1.165, 1.54) is 43.5 Å². The van der Waals surface area contributed by atoms with E-state index < -0.39 is 30.2 Å². The van der Waals surface area contributed by atoms with Gasteiger partial charge in [0, 0.05) is 11.8 Å². The van der Waals surface area contributed by atoms with Crippen LogP contribution in [-0.4, -0.2) is 38.0 Å². The van der Waals surface area contributed by atoms with Crippen molar-refractivity contribution in [3.8, 4) is 5.75 Å². The minimum absolute atomic E-state index is 0.312. The lowest BCUT2D eigenvalue weighted by atomic mass is 10.2. The Kier molecular flexibility index (Phi) is 7.71. The van der Waals surface area contributed by atoms with E-state index in [2.05, 4.69) is 10.6 Å². The zero-order valence-corrected chi connectivity index (χ0v) is 15.1. The van der Waals surface area contributed by atoms with Gasteiger partial charge >= 0.3 is 5.97 Å². The van der Waals surface area contributed by atoms with E-state index in [0.717, 1.165) is 5.56 Å². The minimum Gasteiger partial charge on any atom is -0.497 e. The highest BCUT2D eigenvalue weighted by atomic mass is 19.1.